The Morgan fingerprint density at radius 1 is 1.44 bits per heavy atom. The molecule has 3 heteroatoms. The molecular weight excluding hydrogens is 268 g/mol. The Labute approximate surface area is 105 Å². The molecule has 0 amide bonds. The molecule has 16 heavy (non-hydrogen) atoms. The maximum absolute atomic E-state index is 10.4. The van der Waals surface area contributed by atoms with E-state index in [2.05, 4.69) is 22.9 Å². The molecule has 0 aromatic heterocycles. The van der Waals surface area contributed by atoms with Gasteiger partial charge in [0.1, 0.15) is 0 Å². The zero-order chi connectivity index (χ0) is 11.6. The minimum atomic E-state index is -1.08. The van der Waals surface area contributed by atoms with E-state index in [1.54, 1.807) is 0 Å². The summed E-state index contributed by atoms with van der Waals surface area (Å²) in [7, 11) is 0. The molecule has 2 atom stereocenters. The van der Waals surface area contributed by atoms with E-state index >= 15 is 0 Å². The van der Waals surface area contributed by atoms with Crippen LogP contribution in [-0.4, -0.2) is 11.7 Å². The fourth-order valence-corrected chi connectivity index (χ4v) is 2.34. The van der Waals surface area contributed by atoms with Crippen molar-refractivity contribution in [1.29, 1.82) is 0 Å². The molecule has 0 radical (unpaired) electrons. The zero-order valence-electron chi connectivity index (χ0n) is 9.45. The molecular formula is C13H17BrO2. The van der Waals surface area contributed by atoms with E-state index in [9.17, 15) is 5.11 Å². The third-order valence-electron chi connectivity index (χ3n) is 3.32. The van der Waals surface area contributed by atoms with Crippen LogP contribution in [0, 0.1) is 5.92 Å². The number of halogens is 1. The summed E-state index contributed by atoms with van der Waals surface area (Å²) in [6.07, 6.45) is 2.84. The molecule has 0 saturated carbocycles. The quantitative estimate of drug-likeness (QED) is 0.902. The van der Waals surface area contributed by atoms with Gasteiger partial charge in [-0.25, -0.2) is 0 Å². The lowest BCUT2D eigenvalue weighted by Crippen LogP contribution is -2.36. The molecule has 2 nitrogen and oxygen atoms in total. The van der Waals surface area contributed by atoms with Crippen molar-refractivity contribution in [2.45, 2.75) is 32.0 Å². The Bertz CT molecular complexity index is 339. The van der Waals surface area contributed by atoms with Gasteiger partial charge < -0.3 is 9.84 Å². The third kappa shape index (κ3) is 2.47. The van der Waals surface area contributed by atoms with E-state index in [1.807, 2.05) is 24.3 Å². The first-order chi connectivity index (χ1) is 7.64. The number of ether oxygens (including phenoxy) is 1. The molecule has 2 unspecified atom stereocenters. The maximum atomic E-state index is 10.4. The number of rotatable bonds is 2. The minimum Gasteiger partial charge on any atom is -0.362 e. The highest BCUT2D eigenvalue weighted by molar-refractivity contribution is 9.10. The van der Waals surface area contributed by atoms with E-state index in [-0.39, 0.29) is 0 Å². The van der Waals surface area contributed by atoms with E-state index < -0.39 is 5.79 Å². The molecule has 1 N–H and O–H groups in total. The van der Waals surface area contributed by atoms with Crippen LogP contribution in [0.3, 0.4) is 0 Å². The van der Waals surface area contributed by atoms with Crippen LogP contribution in [-0.2, 0) is 10.5 Å². The van der Waals surface area contributed by atoms with Crippen LogP contribution in [0.25, 0.3) is 0 Å². The lowest BCUT2D eigenvalue weighted by atomic mass is 9.91. The predicted octanol–water partition coefficient (Wildman–Crippen LogP) is 3.43. The van der Waals surface area contributed by atoms with Crippen LogP contribution in [0.5, 0.6) is 0 Å². The van der Waals surface area contributed by atoms with Gasteiger partial charge >= 0.3 is 0 Å². The average Bonchev–Trinajstić information content (AvgIpc) is 2.31. The minimum absolute atomic E-state index is 0.593. The van der Waals surface area contributed by atoms with Gasteiger partial charge in [-0.15, -0.1) is 0 Å². The van der Waals surface area contributed by atoms with Gasteiger partial charge in [-0.3, -0.25) is 0 Å². The maximum Gasteiger partial charge on any atom is 0.192 e. The van der Waals surface area contributed by atoms with Crippen molar-refractivity contribution in [2.75, 3.05) is 6.61 Å². The highest BCUT2D eigenvalue weighted by Crippen LogP contribution is 2.35. The van der Waals surface area contributed by atoms with Crippen molar-refractivity contribution in [1.82, 2.24) is 0 Å². The van der Waals surface area contributed by atoms with Crippen molar-refractivity contribution >= 4 is 15.9 Å². The van der Waals surface area contributed by atoms with Crippen LogP contribution in [0.15, 0.2) is 28.7 Å². The van der Waals surface area contributed by atoms with Crippen LogP contribution in [0.4, 0.5) is 0 Å². The first-order valence-electron chi connectivity index (χ1n) is 5.76. The molecule has 88 valence electrons. The summed E-state index contributed by atoms with van der Waals surface area (Å²) in [6.45, 7) is 2.82. The van der Waals surface area contributed by atoms with E-state index in [0.717, 1.165) is 22.9 Å². The molecule has 1 aliphatic rings. The van der Waals surface area contributed by atoms with Gasteiger partial charge in [-0.05, 0) is 24.5 Å². The van der Waals surface area contributed by atoms with Gasteiger partial charge in [0.2, 0.25) is 0 Å². The summed E-state index contributed by atoms with van der Waals surface area (Å²) >= 11 is 3.39. The Hall–Kier alpha value is -0.380. The van der Waals surface area contributed by atoms with E-state index in [4.69, 9.17) is 4.74 Å². The van der Waals surface area contributed by atoms with Crippen LogP contribution in [0.2, 0.25) is 0 Å². The molecule has 1 saturated heterocycles. The molecule has 1 aliphatic heterocycles. The summed E-state index contributed by atoms with van der Waals surface area (Å²) < 4.78 is 6.65. The molecule has 0 spiro atoms. The van der Waals surface area contributed by atoms with Crippen LogP contribution < -0.4 is 0 Å². The SMILES string of the molecule is CCC1CCC(O)(c2ccc(Br)cc2)OC1. The smallest absolute Gasteiger partial charge is 0.192 e. The predicted molar refractivity (Wildman–Crippen MR) is 67.0 cm³/mol. The Kier molecular flexibility index (Phi) is 3.67. The van der Waals surface area contributed by atoms with Gasteiger partial charge in [0, 0.05) is 16.5 Å². The summed E-state index contributed by atoms with van der Waals surface area (Å²) in [5.41, 5.74) is 0.852. The lowest BCUT2D eigenvalue weighted by Gasteiger charge is -2.36. The highest BCUT2D eigenvalue weighted by atomic mass is 79.9. The van der Waals surface area contributed by atoms with Crippen molar-refractivity contribution < 1.29 is 9.84 Å². The van der Waals surface area contributed by atoms with Crippen LogP contribution in [0.1, 0.15) is 31.7 Å². The third-order valence-corrected chi connectivity index (χ3v) is 3.85. The molecule has 1 heterocycles. The molecule has 0 aliphatic carbocycles. The summed E-state index contributed by atoms with van der Waals surface area (Å²) in [5, 5.41) is 10.4. The standard InChI is InChI=1S/C13H17BrO2/c1-2-10-7-8-13(15,16-9-10)11-3-5-12(14)6-4-11/h3-6,10,15H,2,7-9H2,1H3. The normalized spacial score (nSPS) is 30.3. The molecule has 1 fully saturated rings. The molecule has 1 aromatic rings. The molecule has 1 aromatic carbocycles. The van der Waals surface area contributed by atoms with Gasteiger partial charge in [0.25, 0.3) is 0 Å². The Morgan fingerprint density at radius 2 is 2.12 bits per heavy atom. The second-order valence-electron chi connectivity index (χ2n) is 4.42. The highest BCUT2D eigenvalue weighted by Gasteiger charge is 2.35. The second kappa shape index (κ2) is 4.86. The molecule has 0 bridgehead atoms. The monoisotopic (exact) mass is 284 g/mol. The first-order valence-corrected chi connectivity index (χ1v) is 6.56. The summed E-state index contributed by atoms with van der Waals surface area (Å²) in [6, 6.07) is 7.69. The fraction of sp³-hybridized carbons (Fsp3) is 0.538. The van der Waals surface area contributed by atoms with Gasteiger partial charge in [-0.2, -0.15) is 0 Å². The van der Waals surface area contributed by atoms with Crippen LogP contribution >= 0.6 is 15.9 Å². The first kappa shape index (κ1) is 12.1. The number of aliphatic hydroxyl groups is 1. The number of hydrogen-bond acceptors (Lipinski definition) is 2. The molecule has 2 rings (SSSR count). The number of hydrogen-bond donors (Lipinski definition) is 1. The average molecular weight is 285 g/mol. The fourth-order valence-electron chi connectivity index (χ4n) is 2.07. The Morgan fingerprint density at radius 3 is 2.62 bits per heavy atom. The van der Waals surface area contributed by atoms with Gasteiger partial charge in [0.15, 0.2) is 5.79 Å². The zero-order valence-corrected chi connectivity index (χ0v) is 11.0. The lowest BCUT2D eigenvalue weighted by molar-refractivity contribution is -0.245. The largest absolute Gasteiger partial charge is 0.362 e. The van der Waals surface area contributed by atoms with Crippen molar-refractivity contribution in [3.63, 3.8) is 0 Å². The summed E-state index contributed by atoms with van der Waals surface area (Å²) in [5.74, 6) is -0.484. The summed E-state index contributed by atoms with van der Waals surface area (Å²) in [4.78, 5) is 0. The van der Waals surface area contributed by atoms with Crippen molar-refractivity contribution in [3.8, 4) is 0 Å². The van der Waals surface area contributed by atoms with Gasteiger partial charge in [0.05, 0.1) is 6.61 Å². The topological polar surface area (TPSA) is 29.5 Å². The Balaban J connectivity index is 2.11. The van der Waals surface area contributed by atoms with Crippen molar-refractivity contribution in [3.05, 3.63) is 34.3 Å². The second-order valence-corrected chi connectivity index (χ2v) is 5.33. The van der Waals surface area contributed by atoms with Gasteiger partial charge in [-0.1, -0.05) is 41.4 Å². The van der Waals surface area contributed by atoms with E-state index in [0.29, 0.717) is 18.9 Å². The van der Waals surface area contributed by atoms with Crippen molar-refractivity contribution in [2.24, 2.45) is 5.92 Å². The van der Waals surface area contributed by atoms with E-state index in [1.165, 1.54) is 0 Å². The number of benzene rings is 1.